The number of benzene rings is 1. The zero-order chi connectivity index (χ0) is 20.2. The van der Waals surface area contributed by atoms with Gasteiger partial charge in [-0.3, -0.25) is 19.8 Å². The first-order valence-corrected chi connectivity index (χ1v) is 9.69. The summed E-state index contributed by atoms with van der Waals surface area (Å²) < 4.78 is 4.83. The Kier molecular flexibility index (Phi) is 9.44. The second kappa shape index (κ2) is 12.1. The van der Waals surface area contributed by atoms with Crippen LogP contribution in [0.15, 0.2) is 30.3 Å². The third-order valence-electron chi connectivity index (χ3n) is 4.64. The summed E-state index contributed by atoms with van der Waals surface area (Å²) in [6, 6.07) is 9.64. The van der Waals surface area contributed by atoms with Gasteiger partial charge in [0.2, 0.25) is 11.8 Å². The normalized spacial score (nSPS) is 14.5. The molecule has 154 valence electrons. The van der Waals surface area contributed by atoms with Gasteiger partial charge >= 0.3 is 6.03 Å². The molecule has 0 saturated carbocycles. The van der Waals surface area contributed by atoms with Crippen molar-refractivity contribution in [3.8, 4) is 0 Å². The fourth-order valence-electron chi connectivity index (χ4n) is 3.08. The van der Waals surface area contributed by atoms with E-state index in [0.717, 1.165) is 12.8 Å². The van der Waals surface area contributed by atoms with E-state index in [0.29, 0.717) is 45.8 Å². The van der Waals surface area contributed by atoms with E-state index in [1.54, 1.807) is 7.11 Å². The van der Waals surface area contributed by atoms with E-state index in [2.05, 4.69) is 22.8 Å². The van der Waals surface area contributed by atoms with E-state index in [-0.39, 0.29) is 18.4 Å². The highest BCUT2D eigenvalue weighted by Crippen LogP contribution is 2.08. The molecule has 8 heteroatoms. The van der Waals surface area contributed by atoms with Crippen molar-refractivity contribution in [3.05, 3.63) is 35.9 Å². The third kappa shape index (κ3) is 8.06. The van der Waals surface area contributed by atoms with Crippen molar-refractivity contribution in [2.24, 2.45) is 0 Å². The lowest BCUT2D eigenvalue weighted by atomic mass is 10.1. The highest BCUT2D eigenvalue weighted by molar-refractivity contribution is 5.95. The van der Waals surface area contributed by atoms with Gasteiger partial charge in [-0.2, -0.15) is 0 Å². The van der Waals surface area contributed by atoms with Crippen molar-refractivity contribution >= 4 is 17.8 Å². The number of ether oxygens (including phenoxy) is 1. The SMILES string of the molecule is COCCNC(=O)NC(=O)CN1CCN(C(=O)CCCc2ccccc2)CC1. The van der Waals surface area contributed by atoms with Crippen LogP contribution in [0.3, 0.4) is 0 Å². The zero-order valence-electron chi connectivity index (χ0n) is 16.5. The van der Waals surface area contributed by atoms with E-state index in [4.69, 9.17) is 4.74 Å². The minimum atomic E-state index is -0.519. The maximum Gasteiger partial charge on any atom is 0.321 e. The number of hydrogen-bond acceptors (Lipinski definition) is 5. The molecule has 0 aromatic heterocycles. The summed E-state index contributed by atoms with van der Waals surface area (Å²) in [6.45, 7) is 3.36. The molecule has 28 heavy (non-hydrogen) atoms. The lowest BCUT2D eigenvalue weighted by molar-refractivity contribution is -0.133. The molecular formula is C20H30N4O4. The number of piperazine rings is 1. The van der Waals surface area contributed by atoms with Gasteiger partial charge in [-0.1, -0.05) is 30.3 Å². The second-order valence-electron chi connectivity index (χ2n) is 6.79. The van der Waals surface area contributed by atoms with E-state index < -0.39 is 6.03 Å². The van der Waals surface area contributed by atoms with Crippen molar-refractivity contribution in [2.75, 3.05) is 53.0 Å². The van der Waals surface area contributed by atoms with Gasteiger partial charge in [-0.15, -0.1) is 0 Å². The molecule has 1 aromatic carbocycles. The Hall–Kier alpha value is -2.45. The average molecular weight is 390 g/mol. The highest BCUT2D eigenvalue weighted by atomic mass is 16.5. The number of nitrogens with one attached hydrogen (secondary N) is 2. The van der Waals surface area contributed by atoms with Gasteiger partial charge in [0.25, 0.3) is 0 Å². The molecule has 1 aromatic rings. The molecule has 1 aliphatic heterocycles. The number of nitrogens with zero attached hydrogens (tertiary/aromatic N) is 2. The van der Waals surface area contributed by atoms with Gasteiger partial charge in [0.15, 0.2) is 0 Å². The van der Waals surface area contributed by atoms with E-state index >= 15 is 0 Å². The Morgan fingerprint density at radius 3 is 2.46 bits per heavy atom. The van der Waals surface area contributed by atoms with Gasteiger partial charge in [0.1, 0.15) is 0 Å². The summed E-state index contributed by atoms with van der Waals surface area (Å²) in [4.78, 5) is 39.6. The first kappa shape index (κ1) is 21.8. The number of amides is 4. The van der Waals surface area contributed by atoms with Crippen LogP contribution in [-0.4, -0.2) is 80.6 Å². The number of carbonyl (C=O) groups is 3. The van der Waals surface area contributed by atoms with Crippen molar-refractivity contribution in [2.45, 2.75) is 19.3 Å². The fraction of sp³-hybridized carbons (Fsp3) is 0.550. The largest absolute Gasteiger partial charge is 0.383 e. The van der Waals surface area contributed by atoms with E-state index in [9.17, 15) is 14.4 Å². The predicted molar refractivity (Wildman–Crippen MR) is 106 cm³/mol. The van der Waals surface area contributed by atoms with Gasteiger partial charge in [-0.05, 0) is 18.4 Å². The Bertz CT molecular complexity index is 630. The van der Waals surface area contributed by atoms with Crippen LogP contribution in [0.2, 0.25) is 0 Å². The van der Waals surface area contributed by atoms with Crippen molar-refractivity contribution in [3.63, 3.8) is 0 Å². The molecule has 0 bridgehead atoms. The molecular weight excluding hydrogens is 360 g/mol. The maximum absolute atomic E-state index is 12.4. The maximum atomic E-state index is 12.4. The average Bonchev–Trinajstić information content (AvgIpc) is 2.69. The highest BCUT2D eigenvalue weighted by Gasteiger charge is 2.22. The van der Waals surface area contributed by atoms with Crippen LogP contribution in [0.4, 0.5) is 4.79 Å². The molecule has 1 aliphatic rings. The first-order valence-electron chi connectivity index (χ1n) is 9.69. The predicted octanol–water partition coefficient (Wildman–Crippen LogP) is 0.626. The second-order valence-corrected chi connectivity index (χ2v) is 6.79. The van der Waals surface area contributed by atoms with Crippen LogP contribution in [0.25, 0.3) is 0 Å². The summed E-state index contributed by atoms with van der Waals surface area (Å²) in [5, 5.41) is 4.83. The minimum Gasteiger partial charge on any atom is -0.383 e. The Labute approximate surface area is 166 Å². The number of aryl methyl sites for hydroxylation is 1. The van der Waals surface area contributed by atoms with Crippen LogP contribution in [0.5, 0.6) is 0 Å². The molecule has 8 nitrogen and oxygen atoms in total. The summed E-state index contributed by atoms with van der Waals surface area (Å²) in [5.74, 6) is -0.185. The number of methoxy groups -OCH3 is 1. The molecule has 1 saturated heterocycles. The summed E-state index contributed by atoms with van der Waals surface area (Å²) in [6.07, 6.45) is 2.28. The van der Waals surface area contributed by atoms with Crippen molar-refractivity contribution in [1.82, 2.24) is 20.4 Å². The molecule has 0 unspecified atom stereocenters. The Morgan fingerprint density at radius 2 is 1.79 bits per heavy atom. The van der Waals surface area contributed by atoms with E-state index in [1.807, 2.05) is 28.0 Å². The molecule has 1 heterocycles. The molecule has 0 atom stereocenters. The molecule has 0 spiro atoms. The number of carbonyl (C=O) groups excluding carboxylic acids is 3. The molecule has 4 amide bonds. The zero-order valence-corrected chi connectivity index (χ0v) is 16.5. The number of hydrogen-bond donors (Lipinski definition) is 2. The van der Waals surface area contributed by atoms with Gasteiger partial charge in [0.05, 0.1) is 13.2 Å². The number of urea groups is 1. The van der Waals surface area contributed by atoms with Gasteiger partial charge in [0, 0.05) is 46.3 Å². The lowest BCUT2D eigenvalue weighted by Crippen LogP contribution is -2.52. The van der Waals surface area contributed by atoms with E-state index in [1.165, 1.54) is 5.56 Å². The quantitative estimate of drug-likeness (QED) is 0.604. The fourth-order valence-corrected chi connectivity index (χ4v) is 3.08. The van der Waals surface area contributed by atoms with Crippen LogP contribution in [0.1, 0.15) is 18.4 Å². The van der Waals surface area contributed by atoms with Crippen LogP contribution in [-0.2, 0) is 20.7 Å². The van der Waals surface area contributed by atoms with Gasteiger partial charge < -0.3 is 15.0 Å². The summed E-state index contributed by atoms with van der Waals surface area (Å²) in [5.41, 5.74) is 1.25. The molecule has 0 radical (unpaired) electrons. The lowest BCUT2D eigenvalue weighted by Gasteiger charge is -2.34. The third-order valence-corrected chi connectivity index (χ3v) is 4.64. The van der Waals surface area contributed by atoms with Gasteiger partial charge in [-0.25, -0.2) is 4.79 Å². The molecule has 2 N–H and O–H groups in total. The number of imide groups is 1. The smallest absolute Gasteiger partial charge is 0.321 e. The molecule has 1 fully saturated rings. The Balaban J connectivity index is 1.60. The monoisotopic (exact) mass is 390 g/mol. The summed E-state index contributed by atoms with van der Waals surface area (Å²) in [7, 11) is 1.54. The topological polar surface area (TPSA) is 91.0 Å². The first-order chi connectivity index (χ1) is 13.6. The van der Waals surface area contributed by atoms with Crippen molar-refractivity contribution in [1.29, 1.82) is 0 Å². The standard InChI is InChI=1S/C20H30N4O4/c1-28-15-10-21-20(27)22-18(25)16-23-11-13-24(14-12-23)19(26)9-5-8-17-6-3-2-4-7-17/h2-4,6-7H,5,8-16H2,1H3,(H2,21,22,25,27). The molecule has 2 rings (SSSR count). The number of rotatable bonds is 9. The Morgan fingerprint density at radius 1 is 1.07 bits per heavy atom. The van der Waals surface area contributed by atoms with Crippen molar-refractivity contribution < 1.29 is 19.1 Å². The van der Waals surface area contributed by atoms with Crippen LogP contribution < -0.4 is 10.6 Å². The molecule has 0 aliphatic carbocycles. The van der Waals surface area contributed by atoms with Crippen LogP contribution in [0, 0.1) is 0 Å². The van der Waals surface area contributed by atoms with Crippen LogP contribution >= 0.6 is 0 Å². The minimum absolute atomic E-state index is 0.147. The summed E-state index contributed by atoms with van der Waals surface area (Å²) >= 11 is 0.